The van der Waals surface area contributed by atoms with Crippen LogP contribution in [0.1, 0.15) is 28.8 Å². The average Bonchev–Trinajstić information content (AvgIpc) is 2.84. The van der Waals surface area contributed by atoms with E-state index in [-0.39, 0.29) is 11.8 Å². The molecule has 0 spiro atoms. The Morgan fingerprint density at radius 2 is 1.78 bits per heavy atom. The first kappa shape index (κ1) is 21.6. The molecule has 2 heterocycles. The van der Waals surface area contributed by atoms with Gasteiger partial charge in [0.1, 0.15) is 5.75 Å². The highest BCUT2D eigenvalue weighted by molar-refractivity contribution is 5.95. The molecule has 6 heteroatoms. The zero-order valence-corrected chi connectivity index (χ0v) is 18.2. The summed E-state index contributed by atoms with van der Waals surface area (Å²) in [5, 5.41) is 0. The molecule has 1 aromatic heterocycles. The zero-order valence-electron chi connectivity index (χ0n) is 18.2. The van der Waals surface area contributed by atoms with Crippen molar-refractivity contribution >= 4 is 11.8 Å². The second kappa shape index (κ2) is 9.22. The summed E-state index contributed by atoms with van der Waals surface area (Å²) in [6, 6.07) is 19.2. The summed E-state index contributed by atoms with van der Waals surface area (Å²) in [6.07, 6.45) is 5.20. The van der Waals surface area contributed by atoms with Crippen LogP contribution in [0.4, 0.5) is 0 Å². The molecule has 4 rings (SSSR count). The Bertz CT molecular complexity index is 1110. The van der Waals surface area contributed by atoms with Crippen LogP contribution in [-0.2, 0) is 11.2 Å². The summed E-state index contributed by atoms with van der Waals surface area (Å²) in [6.45, 7) is 0.975. The third-order valence-electron chi connectivity index (χ3n) is 6.31. The predicted octanol–water partition coefficient (Wildman–Crippen LogP) is 3.71. The number of aromatic nitrogens is 1. The van der Waals surface area contributed by atoms with Crippen molar-refractivity contribution in [2.75, 3.05) is 20.2 Å². The van der Waals surface area contributed by atoms with E-state index in [1.807, 2.05) is 42.6 Å². The van der Waals surface area contributed by atoms with E-state index < -0.39 is 5.41 Å². The highest BCUT2D eigenvalue weighted by atomic mass is 16.5. The van der Waals surface area contributed by atoms with Gasteiger partial charge in [-0.15, -0.1) is 0 Å². The number of nitrogens with zero attached hydrogens (tertiary/aromatic N) is 2. The number of piperidine rings is 1. The third kappa shape index (κ3) is 4.49. The first-order chi connectivity index (χ1) is 15.5. The number of benzene rings is 2. The summed E-state index contributed by atoms with van der Waals surface area (Å²) >= 11 is 0. The molecule has 0 saturated carbocycles. The number of carbonyl (C=O) groups excluding carboxylic acids is 2. The molecule has 0 atom stereocenters. The van der Waals surface area contributed by atoms with Crippen molar-refractivity contribution in [2.24, 2.45) is 11.1 Å². The number of pyridine rings is 1. The van der Waals surface area contributed by atoms with Gasteiger partial charge >= 0.3 is 0 Å². The number of nitrogens with two attached hydrogens (primary N) is 1. The van der Waals surface area contributed by atoms with Gasteiger partial charge in [-0.25, -0.2) is 0 Å². The number of likely N-dealkylation sites (tertiary alicyclic amines) is 1. The molecule has 0 aliphatic carbocycles. The highest BCUT2D eigenvalue weighted by Gasteiger charge is 2.41. The lowest BCUT2D eigenvalue weighted by Crippen LogP contribution is -2.49. The maximum atomic E-state index is 13.0. The minimum Gasteiger partial charge on any atom is -0.497 e. The van der Waals surface area contributed by atoms with Gasteiger partial charge in [-0.3, -0.25) is 14.6 Å². The van der Waals surface area contributed by atoms with Crippen LogP contribution >= 0.6 is 0 Å². The summed E-state index contributed by atoms with van der Waals surface area (Å²) in [7, 11) is 1.58. The fraction of sp³-hybridized carbons (Fsp3) is 0.269. The monoisotopic (exact) mass is 429 g/mol. The summed E-state index contributed by atoms with van der Waals surface area (Å²) in [5.74, 6) is 0.283. The van der Waals surface area contributed by atoms with Crippen molar-refractivity contribution in [3.63, 3.8) is 0 Å². The van der Waals surface area contributed by atoms with Crippen molar-refractivity contribution in [3.8, 4) is 16.9 Å². The fourth-order valence-electron chi connectivity index (χ4n) is 4.37. The van der Waals surface area contributed by atoms with E-state index in [2.05, 4.69) is 11.1 Å². The number of amides is 2. The Morgan fingerprint density at radius 3 is 2.47 bits per heavy atom. The standard InChI is InChI=1S/C26H27N3O3/c1-32-23-9-3-7-21(16-23)24(30)29-13-10-26(11-14-29,25(27)31)17-19-5-2-6-20(15-19)22-8-4-12-28-18-22/h2-9,12,15-16,18H,10-11,13-14,17H2,1H3,(H2,27,31). The minimum atomic E-state index is -0.668. The molecule has 32 heavy (non-hydrogen) atoms. The molecule has 164 valence electrons. The molecule has 0 unspecified atom stereocenters. The second-order valence-corrected chi connectivity index (χ2v) is 8.29. The number of carbonyl (C=O) groups is 2. The lowest BCUT2D eigenvalue weighted by Gasteiger charge is -2.40. The van der Waals surface area contributed by atoms with Gasteiger partial charge in [-0.05, 0) is 60.2 Å². The van der Waals surface area contributed by atoms with E-state index in [4.69, 9.17) is 10.5 Å². The first-order valence-electron chi connectivity index (χ1n) is 10.7. The van der Waals surface area contributed by atoms with Crippen LogP contribution in [-0.4, -0.2) is 41.9 Å². The Labute approximate surface area is 188 Å². The number of hydrogen-bond donors (Lipinski definition) is 1. The van der Waals surface area contributed by atoms with E-state index in [9.17, 15) is 9.59 Å². The molecule has 2 amide bonds. The van der Waals surface area contributed by atoms with Gasteiger partial charge < -0.3 is 15.4 Å². The molecule has 0 radical (unpaired) electrons. The zero-order chi connectivity index (χ0) is 22.6. The van der Waals surface area contributed by atoms with Gasteiger partial charge in [0.25, 0.3) is 5.91 Å². The van der Waals surface area contributed by atoms with Crippen molar-refractivity contribution in [1.29, 1.82) is 0 Å². The summed E-state index contributed by atoms with van der Waals surface area (Å²) < 4.78 is 5.23. The van der Waals surface area contributed by atoms with E-state index in [1.165, 1.54) is 0 Å². The lowest BCUT2D eigenvalue weighted by atomic mass is 9.73. The average molecular weight is 430 g/mol. The quantitative estimate of drug-likeness (QED) is 0.647. The van der Waals surface area contributed by atoms with E-state index >= 15 is 0 Å². The molecule has 2 aromatic carbocycles. The van der Waals surface area contributed by atoms with Gasteiger partial charge in [0.15, 0.2) is 0 Å². The van der Waals surface area contributed by atoms with Crippen LogP contribution in [0.2, 0.25) is 0 Å². The molecule has 1 fully saturated rings. The van der Waals surface area contributed by atoms with Gasteiger partial charge in [-0.2, -0.15) is 0 Å². The number of rotatable bonds is 6. The van der Waals surface area contributed by atoms with Crippen molar-refractivity contribution in [3.05, 3.63) is 84.2 Å². The Hall–Kier alpha value is -3.67. The predicted molar refractivity (Wildman–Crippen MR) is 123 cm³/mol. The smallest absolute Gasteiger partial charge is 0.253 e. The molecule has 3 aromatic rings. The van der Waals surface area contributed by atoms with Gasteiger partial charge in [0, 0.05) is 31.0 Å². The molecule has 1 saturated heterocycles. The Balaban J connectivity index is 1.49. The maximum absolute atomic E-state index is 13.0. The molecule has 1 aliphatic rings. The van der Waals surface area contributed by atoms with Crippen LogP contribution in [0.15, 0.2) is 73.1 Å². The number of methoxy groups -OCH3 is 1. The van der Waals surface area contributed by atoms with Crippen LogP contribution < -0.4 is 10.5 Å². The first-order valence-corrected chi connectivity index (χ1v) is 10.7. The largest absolute Gasteiger partial charge is 0.497 e. The van der Waals surface area contributed by atoms with Crippen LogP contribution in [0.25, 0.3) is 11.1 Å². The van der Waals surface area contributed by atoms with Crippen LogP contribution in [0.5, 0.6) is 5.75 Å². The summed E-state index contributed by atoms with van der Waals surface area (Å²) in [4.78, 5) is 31.5. The van der Waals surface area contributed by atoms with Crippen molar-refractivity contribution in [1.82, 2.24) is 9.88 Å². The maximum Gasteiger partial charge on any atom is 0.253 e. The summed E-state index contributed by atoms with van der Waals surface area (Å²) in [5.41, 5.74) is 8.95. The SMILES string of the molecule is COc1cccc(C(=O)N2CCC(Cc3cccc(-c4cccnc4)c3)(C(N)=O)CC2)c1. The van der Waals surface area contributed by atoms with Crippen molar-refractivity contribution in [2.45, 2.75) is 19.3 Å². The van der Waals surface area contributed by atoms with Gasteiger partial charge in [-0.1, -0.05) is 36.4 Å². The number of ether oxygens (including phenoxy) is 1. The minimum absolute atomic E-state index is 0.0551. The van der Waals surface area contributed by atoms with Gasteiger partial charge in [0.2, 0.25) is 5.91 Å². The number of primary amides is 1. The molecular weight excluding hydrogens is 402 g/mol. The van der Waals surface area contributed by atoms with Crippen molar-refractivity contribution < 1.29 is 14.3 Å². The number of hydrogen-bond acceptors (Lipinski definition) is 4. The highest BCUT2D eigenvalue weighted by Crippen LogP contribution is 2.36. The molecule has 2 N–H and O–H groups in total. The second-order valence-electron chi connectivity index (χ2n) is 8.29. The van der Waals surface area contributed by atoms with E-state index in [1.54, 1.807) is 36.4 Å². The molecule has 6 nitrogen and oxygen atoms in total. The normalized spacial score (nSPS) is 15.2. The third-order valence-corrected chi connectivity index (χ3v) is 6.31. The van der Waals surface area contributed by atoms with Gasteiger partial charge in [0.05, 0.1) is 12.5 Å². The Morgan fingerprint density at radius 1 is 1.03 bits per heavy atom. The molecule has 0 bridgehead atoms. The van der Waals surface area contributed by atoms with Crippen LogP contribution in [0, 0.1) is 5.41 Å². The van der Waals surface area contributed by atoms with Crippen LogP contribution in [0.3, 0.4) is 0 Å². The molecular formula is C26H27N3O3. The van der Waals surface area contributed by atoms with E-state index in [0.717, 1.165) is 16.7 Å². The topological polar surface area (TPSA) is 85.5 Å². The lowest BCUT2D eigenvalue weighted by molar-refractivity contribution is -0.130. The molecule has 1 aliphatic heterocycles. The Kier molecular flexibility index (Phi) is 6.21. The van der Waals surface area contributed by atoms with E-state index in [0.29, 0.717) is 43.7 Å². The fourth-order valence-corrected chi connectivity index (χ4v) is 4.37.